The molecule has 0 spiro atoms. The van der Waals surface area contributed by atoms with Gasteiger partial charge in [0.2, 0.25) is 0 Å². The van der Waals surface area contributed by atoms with Gasteiger partial charge in [0.1, 0.15) is 5.92 Å². The van der Waals surface area contributed by atoms with E-state index >= 15 is 0 Å². The van der Waals surface area contributed by atoms with E-state index in [1.807, 2.05) is 0 Å². The molecule has 0 aromatic carbocycles. The van der Waals surface area contributed by atoms with Crippen LogP contribution in [0.2, 0.25) is 0 Å². The molecule has 0 radical (unpaired) electrons. The predicted molar refractivity (Wildman–Crippen MR) is 45.6 cm³/mol. The van der Waals surface area contributed by atoms with Crippen LogP contribution in [0, 0.1) is 5.92 Å². The topological polar surface area (TPSA) is 44.5 Å². The van der Waals surface area contributed by atoms with Crippen molar-refractivity contribution in [2.45, 2.75) is 26.3 Å². The van der Waals surface area contributed by atoms with Crippen LogP contribution < -0.4 is 5.73 Å². The number of nitrogens with two attached hydrogens (primary N) is 1. The Kier molecular flexibility index (Phi) is 6.06. The van der Waals surface area contributed by atoms with Gasteiger partial charge in [-0.1, -0.05) is 0 Å². The summed E-state index contributed by atoms with van der Waals surface area (Å²) in [6, 6.07) is 0. The molecule has 2 N–H and O–H groups in total. The van der Waals surface area contributed by atoms with Gasteiger partial charge in [-0.25, -0.2) is 0 Å². The van der Waals surface area contributed by atoms with Gasteiger partial charge in [0, 0.05) is 19.8 Å². The lowest BCUT2D eigenvalue weighted by Crippen LogP contribution is -2.42. The monoisotopic (exact) mass is 215 g/mol. The van der Waals surface area contributed by atoms with E-state index in [9.17, 15) is 13.2 Å². The number of halogens is 3. The molecule has 0 rings (SSSR count). The van der Waals surface area contributed by atoms with Crippen molar-refractivity contribution in [1.82, 2.24) is 0 Å². The smallest absolute Gasteiger partial charge is 0.352 e. The Bertz CT molecular complexity index is 146. The molecule has 0 saturated heterocycles. The quantitative estimate of drug-likeness (QED) is 0.683. The van der Waals surface area contributed by atoms with Gasteiger partial charge in [-0.15, -0.1) is 0 Å². The van der Waals surface area contributed by atoms with Crippen molar-refractivity contribution in [1.29, 1.82) is 0 Å². The van der Waals surface area contributed by atoms with Gasteiger partial charge in [-0.05, 0) is 13.8 Å². The molecule has 6 heteroatoms. The first-order chi connectivity index (χ1) is 6.47. The third-order valence-electron chi connectivity index (χ3n) is 1.66. The zero-order chi connectivity index (χ0) is 11.2. The number of alkyl halides is 3. The average Bonchev–Trinajstić information content (AvgIpc) is 2.03. The molecular formula is C8H16F3NO2. The molecule has 14 heavy (non-hydrogen) atoms. The normalized spacial score (nSPS) is 14.8. The van der Waals surface area contributed by atoms with E-state index < -0.39 is 24.9 Å². The molecular weight excluding hydrogens is 199 g/mol. The molecule has 86 valence electrons. The lowest BCUT2D eigenvalue weighted by Gasteiger charge is -2.27. The van der Waals surface area contributed by atoms with Crippen LogP contribution in [0.5, 0.6) is 0 Å². The van der Waals surface area contributed by atoms with E-state index in [4.69, 9.17) is 15.2 Å². The summed E-state index contributed by atoms with van der Waals surface area (Å²) >= 11 is 0. The molecule has 0 heterocycles. The minimum absolute atomic E-state index is 0.164. The van der Waals surface area contributed by atoms with Crippen molar-refractivity contribution in [2.75, 3.05) is 19.8 Å². The third-order valence-corrected chi connectivity index (χ3v) is 1.66. The van der Waals surface area contributed by atoms with Crippen molar-refractivity contribution < 1.29 is 22.6 Å². The Morgan fingerprint density at radius 1 is 1.14 bits per heavy atom. The van der Waals surface area contributed by atoms with Crippen LogP contribution in [0.1, 0.15) is 13.8 Å². The maximum Gasteiger partial charge on any atom is 0.397 e. The second-order valence-corrected chi connectivity index (χ2v) is 2.66. The Hall–Kier alpha value is -0.330. The van der Waals surface area contributed by atoms with Crippen molar-refractivity contribution in [3.63, 3.8) is 0 Å². The molecule has 0 aromatic rings. The van der Waals surface area contributed by atoms with E-state index in [0.29, 0.717) is 0 Å². The zero-order valence-corrected chi connectivity index (χ0v) is 8.30. The highest BCUT2D eigenvalue weighted by Gasteiger charge is 2.44. The summed E-state index contributed by atoms with van der Waals surface area (Å²) in [7, 11) is 0. The van der Waals surface area contributed by atoms with Gasteiger partial charge in [-0.2, -0.15) is 13.2 Å². The second-order valence-electron chi connectivity index (χ2n) is 2.66. The molecule has 3 nitrogen and oxygen atoms in total. The third kappa shape index (κ3) is 4.26. The Balaban J connectivity index is 4.41. The van der Waals surface area contributed by atoms with Crippen molar-refractivity contribution in [2.24, 2.45) is 11.7 Å². The number of hydrogen-bond acceptors (Lipinski definition) is 3. The highest BCUT2D eigenvalue weighted by molar-refractivity contribution is 4.72. The van der Waals surface area contributed by atoms with Crippen molar-refractivity contribution in [3.8, 4) is 0 Å². The summed E-state index contributed by atoms with van der Waals surface area (Å²) in [5, 5.41) is 0. The lowest BCUT2D eigenvalue weighted by molar-refractivity contribution is -0.261. The fourth-order valence-corrected chi connectivity index (χ4v) is 1.01. The second kappa shape index (κ2) is 6.21. The molecule has 0 fully saturated rings. The van der Waals surface area contributed by atoms with Crippen LogP contribution in [0.3, 0.4) is 0 Å². The maximum atomic E-state index is 12.4. The first-order valence-corrected chi connectivity index (χ1v) is 4.47. The highest BCUT2D eigenvalue weighted by atomic mass is 19.4. The van der Waals surface area contributed by atoms with Crippen LogP contribution in [0.4, 0.5) is 13.2 Å². The Labute approximate surface area is 81.4 Å². The molecule has 0 amide bonds. The standard InChI is InChI=1S/C8H16F3NO2/c1-3-13-7(14-4-2)6(5-12)8(9,10)11/h6-7H,3-5,12H2,1-2H3. The van der Waals surface area contributed by atoms with E-state index in [-0.39, 0.29) is 13.2 Å². The summed E-state index contributed by atoms with van der Waals surface area (Å²) < 4.78 is 46.8. The maximum absolute atomic E-state index is 12.4. The molecule has 0 aromatic heterocycles. The largest absolute Gasteiger partial charge is 0.397 e. The Morgan fingerprint density at radius 3 is 1.79 bits per heavy atom. The van der Waals surface area contributed by atoms with Gasteiger partial charge < -0.3 is 15.2 Å². The summed E-state index contributed by atoms with van der Waals surface area (Å²) in [5.41, 5.74) is 5.04. The summed E-state index contributed by atoms with van der Waals surface area (Å²) in [5.74, 6) is -1.76. The number of ether oxygens (including phenoxy) is 2. The highest BCUT2D eigenvalue weighted by Crippen LogP contribution is 2.29. The van der Waals surface area contributed by atoms with Crippen LogP contribution in [0.25, 0.3) is 0 Å². The molecule has 0 saturated carbocycles. The molecule has 0 aliphatic heterocycles. The zero-order valence-electron chi connectivity index (χ0n) is 8.30. The SMILES string of the molecule is CCOC(OCC)C(CN)C(F)(F)F. The minimum atomic E-state index is -4.39. The van der Waals surface area contributed by atoms with Crippen LogP contribution in [-0.4, -0.2) is 32.2 Å². The van der Waals surface area contributed by atoms with E-state index in [1.165, 1.54) is 0 Å². The molecule has 0 aliphatic carbocycles. The fraction of sp³-hybridized carbons (Fsp3) is 1.00. The summed E-state index contributed by atoms with van der Waals surface area (Å²) in [4.78, 5) is 0. The van der Waals surface area contributed by atoms with Crippen molar-refractivity contribution in [3.05, 3.63) is 0 Å². The first-order valence-electron chi connectivity index (χ1n) is 4.47. The van der Waals surface area contributed by atoms with Gasteiger partial charge in [0.05, 0.1) is 0 Å². The molecule has 0 bridgehead atoms. The number of rotatable bonds is 6. The number of hydrogen-bond donors (Lipinski definition) is 1. The minimum Gasteiger partial charge on any atom is -0.352 e. The van der Waals surface area contributed by atoms with Crippen molar-refractivity contribution >= 4 is 0 Å². The van der Waals surface area contributed by atoms with Gasteiger partial charge in [0.25, 0.3) is 0 Å². The average molecular weight is 215 g/mol. The predicted octanol–water partition coefficient (Wildman–Crippen LogP) is 1.52. The van der Waals surface area contributed by atoms with Gasteiger partial charge >= 0.3 is 6.18 Å². The van der Waals surface area contributed by atoms with Crippen LogP contribution >= 0.6 is 0 Å². The van der Waals surface area contributed by atoms with Gasteiger partial charge in [0.15, 0.2) is 6.29 Å². The van der Waals surface area contributed by atoms with Gasteiger partial charge in [-0.3, -0.25) is 0 Å². The van der Waals surface area contributed by atoms with E-state index in [2.05, 4.69) is 0 Å². The van der Waals surface area contributed by atoms with Crippen LogP contribution in [-0.2, 0) is 9.47 Å². The summed E-state index contributed by atoms with van der Waals surface area (Å²) in [6.45, 7) is 3.01. The Morgan fingerprint density at radius 2 is 1.57 bits per heavy atom. The fourth-order valence-electron chi connectivity index (χ4n) is 1.01. The molecule has 1 unspecified atom stereocenters. The van der Waals surface area contributed by atoms with E-state index in [1.54, 1.807) is 13.8 Å². The summed E-state index contributed by atoms with van der Waals surface area (Å²) in [6.07, 6.45) is -5.68. The molecule has 0 aliphatic rings. The van der Waals surface area contributed by atoms with Crippen LogP contribution in [0.15, 0.2) is 0 Å². The molecule has 1 atom stereocenters. The lowest BCUT2D eigenvalue weighted by atomic mass is 10.1. The first kappa shape index (κ1) is 13.7. The van der Waals surface area contributed by atoms with E-state index in [0.717, 1.165) is 0 Å².